The van der Waals surface area contributed by atoms with E-state index >= 15 is 0 Å². The molecule has 0 aromatic heterocycles. The van der Waals surface area contributed by atoms with E-state index in [9.17, 15) is 13.2 Å². The summed E-state index contributed by atoms with van der Waals surface area (Å²) in [4.78, 5) is 12.4. The number of hydrogen-bond acceptors (Lipinski definition) is 4. The number of benzene rings is 2. The third-order valence-electron chi connectivity index (χ3n) is 3.86. The molecule has 0 saturated heterocycles. The molecule has 0 unspecified atom stereocenters. The van der Waals surface area contributed by atoms with Crippen molar-refractivity contribution in [1.29, 1.82) is 0 Å². The van der Waals surface area contributed by atoms with Crippen molar-refractivity contribution in [2.24, 2.45) is 0 Å². The second-order valence-corrected chi connectivity index (χ2v) is 8.87. The summed E-state index contributed by atoms with van der Waals surface area (Å²) in [5.41, 5.74) is 0.376. The van der Waals surface area contributed by atoms with Gasteiger partial charge in [-0.05, 0) is 43.2 Å². The van der Waals surface area contributed by atoms with Crippen LogP contribution in [0.1, 0.15) is 23.2 Å². The van der Waals surface area contributed by atoms with Gasteiger partial charge in [-0.2, -0.15) is 0 Å². The van der Waals surface area contributed by atoms with E-state index in [1.54, 1.807) is 12.1 Å². The zero-order valence-corrected chi connectivity index (χ0v) is 17.1. The normalized spacial score (nSPS) is 14.1. The first-order valence-corrected chi connectivity index (χ1v) is 10.5. The maximum atomic E-state index is 12.6. The highest BCUT2D eigenvalue weighted by Crippen LogP contribution is 2.32. The van der Waals surface area contributed by atoms with Crippen LogP contribution in [0.3, 0.4) is 0 Å². The van der Waals surface area contributed by atoms with E-state index in [0.29, 0.717) is 16.5 Å². The van der Waals surface area contributed by atoms with Crippen LogP contribution in [0.4, 0.5) is 5.69 Å². The Morgan fingerprint density at radius 1 is 1.07 bits per heavy atom. The summed E-state index contributed by atoms with van der Waals surface area (Å²) in [6.45, 7) is 0. The summed E-state index contributed by atoms with van der Waals surface area (Å²) in [7, 11) is -2.37. The third-order valence-corrected chi connectivity index (χ3v) is 6.46. The van der Waals surface area contributed by atoms with Crippen LogP contribution < -0.4 is 14.8 Å². The van der Waals surface area contributed by atoms with Gasteiger partial charge in [-0.3, -0.25) is 4.79 Å². The van der Waals surface area contributed by atoms with Crippen molar-refractivity contribution in [3.05, 3.63) is 51.0 Å². The number of rotatable bonds is 6. The van der Waals surface area contributed by atoms with Crippen LogP contribution in [0.15, 0.2) is 35.2 Å². The van der Waals surface area contributed by atoms with Crippen LogP contribution >= 0.6 is 34.8 Å². The summed E-state index contributed by atoms with van der Waals surface area (Å²) in [5.74, 6) is -0.139. The number of sulfonamides is 1. The van der Waals surface area contributed by atoms with Crippen LogP contribution in [0.2, 0.25) is 15.1 Å². The largest absolute Gasteiger partial charge is 0.495 e. The minimum atomic E-state index is -3.85. The second-order valence-electron chi connectivity index (χ2n) is 5.96. The van der Waals surface area contributed by atoms with Gasteiger partial charge >= 0.3 is 0 Å². The van der Waals surface area contributed by atoms with Crippen molar-refractivity contribution in [2.75, 3.05) is 12.4 Å². The molecule has 0 radical (unpaired) electrons. The van der Waals surface area contributed by atoms with Gasteiger partial charge in [-0.25, -0.2) is 13.1 Å². The van der Waals surface area contributed by atoms with Crippen LogP contribution in [0.5, 0.6) is 5.75 Å². The highest BCUT2D eigenvalue weighted by Gasteiger charge is 2.30. The van der Waals surface area contributed by atoms with Crippen LogP contribution in [-0.2, 0) is 10.0 Å². The molecule has 0 heterocycles. The standard InChI is InChI=1S/C17H15Cl3N2O4S/c1-26-15-5-4-10(6-13(15)19)21-17(23)11-7-16(14(20)8-12(11)18)27(24,25)22-9-2-3-9/h4-9,22H,2-3H2,1H3,(H,21,23). The Kier molecular flexibility index (Phi) is 5.88. The van der Waals surface area contributed by atoms with Crippen molar-refractivity contribution in [3.8, 4) is 5.75 Å². The fourth-order valence-corrected chi connectivity index (χ4v) is 4.76. The van der Waals surface area contributed by atoms with E-state index in [4.69, 9.17) is 39.5 Å². The first-order chi connectivity index (χ1) is 12.7. The first-order valence-electron chi connectivity index (χ1n) is 7.87. The summed E-state index contributed by atoms with van der Waals surface area (Å²) in [6, 6.07) is 7.00. The lowest BCUT2D eigenvalue weighted by molar-refractivity contribution is 0.102. The van der Waals surface area contributed by atoms with Gasteiger partial charge < -0.3 is 10.1 Å². The molecule has 27 heavy (non-hydrogen) atoms. The fourth-order valence-electron chi connectivity index (χ4n) is 2.34. The van der Waals surface area contributed by atoms with Crippen LogP contribution in [0, 0.1) is 0 Å². The quantitative estimate of drug-likeness (QED) is 0.687. The molecule has 1 amide bonds. The van der Waals surface area contributed by atoms with Crippen molar-refractivity contribution >= 4 is 56.4 Å². The van der Waals surface area contributed by atoms with Gasteiger partial charge in [0.2, 0.25) is 10.0 Å². The average Bonchev–Trinajstić information content (AvgIpc) is 3.37. The molecule has 2 aromatic carbocycles. The monoisotopic (exact) mass is 448 g/mol. The fraction of sp³-hybridized carbons (Fsp3) is 0.235. The Balaban J connectivity index is 1.90. The molecule has 2 N–H and O–H groups in total. The van der Waals surface area contributed by atoms with Gasteiger partial charge in [0.05, 0.1) is 27.7 Å². The number of halogens is 3. The molecule has 10 heteroatoms. The minimum absolute atomic E-state index is 0.0239. The number of methoxy groups -OCH3 is 1. The van der Waals surface area contributed by atoms with E-state index < -0.39 is 15.9 Å². The Morgan fingerprint density at radius 3 is 2.37 bits per heavy atom. The van der Waals surface area contributed by atoms with E-state index in [1.165, 1.54) is 19.2 Å². The SMILES string of the molecule is COc1ccc(NC(=O)c2cc(S(=O)(=O)NC3CC3)c(Cl)cc2Cl)cc1Cl. The van der Waals surface area contributed by atoms with Gasteiger partial charge in [-0.1, -0.05) is 34.8 Å². The molecular formula is C17H15Cl3N2O4S. The van der Waals surface area contributed by atoms with Crippen LogP contribution in [-0.4, -0.2) is 27.5 Å². The van der Waals surface area contributed by atoms with E-state index in [2.05, 4.69) is 10.0 Å². The molecule has 6 nitrogen and oxygen atoms in total. The molecule has 0 atom stereocenters. The molecule has 3 rings (SSSR count). The number of amides is 1. The number of ether oxygens (including phenoxy) is 1. The predicted octanol–water partition coefficient (Wildman–Crippen LogP) is 4.35. The number of carbonyl (C=O) groups is 1. The van der Waals surface area contributed by atoms with Gasteiger partial charge in [-0.15, -0.1) is 0 Å². The van der Waals surface area contributed by atoms with Gasteiger partial charge in [0.25, 0.3) is 5.91 Å². The second kappa shape index (κ2) is 7.85. The molecular weight excluding hydrogens is 435 g/mol. The molecule has 1 saturated carbocycles. The maximum absolute atomic E-state index is 12.6. The Labute approximate surface area is 171 Å². The number of carbonyl (C=O) groups excluding carboxylic acids is 1. The summed E-state index contributed by atoms with van der Waals surface area (Å²) in [6.07, 6.45) is 1.55. The molecule has 2 aromatic rings. The van der Waals surface area contributed by atoms with Gasteiger partial charge in [0, 0.05) is 11.7 Å². The lowest BCUT2D eigenvalue weighted by Gasteiger charge is -2.12. The van der Waals surface area contributed by atoms with Crippen molar-refractivity contribution in [2.45, 2.75) is 23.8 Å². The number of nitrogens with one attached hydrogen (secondary N) is 2. The molecule has 1 aliphatic rings. The maximum Gasteiger partial charge on any atom is 0.257 e. The zero-order chi connectivity index (χ0) is 19.8. The average molecular weight is 450 g/mol. The summed E-state index contributed by atoms with van der Waals surface area (Å²) >= 11 is 18.2. The van der Waals surface area contributed by atoms with Crippen molar-refractivity contribution < 1.29 is 17.9 Å². The Hall–Kier alpha value is -1.51. The minimum Gasteiger partial charge on any atom is -0.495 e. The van der Waals surface area contributed by atoms with Gasteiger partial charge in [0.1, 0.15) is 10.6 Å². The Bertz CT molecular complexity index is 1010. The van der Waals surface area contributed by atoms with E-state index in [1.807, 2.05) is 0 Å². The van der Waals surface area contributed by atoms with E-state index in [-0.39, 0.29) is 26.5 Å². The highest BCUT2D eigenvalue weighted by atomic mass is 35.5. The molecule has 1 aliphatic carbocycles. The molecule has 1 fully saturated rings. The number of anilines is 1. The van der Waals surface area contributed by atoms with E-state index in [0.717, 1.165) is 18.9 Å². The van der Waals surface area contributed by atoms with Crippen LogP contribution in [0.25, 0.3) is 0 Å². The summed E-state index contributed by atoms with van der Waals surface area (Å²) in [5, 5.41) is 2.91. The lowest BCUT2D eigenvalue weighted by atomic mass is 10.2. The van der Waals surface area contributed by atoms with Crippen molar-refractivity contribution in [3.63, 3.8) is 0 Å². The molecule has 0 spiro atoms. The smallest absolute Gasteiger partial charge is 0.257 e. The Morgan fingerprint density at radius 2 is 1.78 bits per heavy atom. The molecule has 0 bridgehead atoms. The predicted molar refractivity (Wildman–Crippen MR) is 106 cm³/mol. The molecule has 0 aliphatic heterocycles. The summed E-state index contributed by atoms with van der Waals surface area (Å²) < 4.78 is 32.5. The highest BCUT2D eigenvalue weighted by molar-refractivity contribution is 7.89. The number of hydrogen-bond donors (Lipinski definition) is 2. The third kappa shape index (κ3) is 4.67. The first kappa shape index (κ1) is 20.2. The van der Waals surface area contributed by atoms with Crippen molar-refractivity contribution in [1.82, 2.24) is 4.72 Å². The molecule has 144 valence electrons. The van der Waals surface area contributed by atoms with Gasteiger partial charge in [0.15, 0.2) is 0 Å². The topological polar surface area (TPSA) is 84.5 Å². The lowest BCUT2D eigenvalue weighted by Crippen LogP contribution is -2.26. The zero-order valence-electron chi connectivity index (χ0n) is 14.1.